The molecule has 2 N–H and O–H groups in total. The molecule has 8 heteroatoms. The highest BCUT2D eigenvalue weighted by Gasteiger charge is 2.13. The van der Waals surface area contributed by atoms with Crippen LogP contribution in [0, 0.1) is 0 Å². The van der Waals surface area contributed by atoms with Crippen LogP contribution in [-0.2, 0) is 0 Å². The first-order chi connectivity index (χ1) is 13.2. The Labute approximate surface area is 156 Å². The van der Waals surface area contributed by atoms with Crippen molar-refractivity contribution in [1.82, 2.24) is 9.97 Å². The molecule has 1 aliphatic rings. The van der Waals surface area contributed by atoms with Crippen molar-refractivity contribution >= 4 is 23.1 Å². The van der Waals surface area contributed by atoms with Crippen LogP contribution < -0.4 is 29.6 Å². The SMILES string of the molecule is COc1ccc(OC)c(Nc2nccc(Nc3ccc4c(c3)OCO4)n2)c1. The third kappa shape index (κ3) is 3.64. The number of aromatic nitrogens is 2. The second kappa shape index (κ2) is 7.28. The summed E-state index contributed by atoms with van der Waals surface area (Å²) in [6, 6.07) is 12.8. The fourth-order valence-electron chi connectivity index (χ4n) is 2.64. The molecule has 0 unspecified atom stereocenters. The van der Waals surface area contributed by atoms with Gasteiger partial charge in [0, 0.05) is 24.0 Å². The van der Waals surface area contributed by atoms with Crippen molar-refractivity contribution in [2.45, 2.75) is 0 Å². The number of nitrogens with one attached hydrogen (secondary N) is 2. The Balaban J connectivity index is 1.54. The fraction of sp³-hybridized carbons (Fsp3) is 0.158. The number of rotatable bonds is 6. The first-order valence-corrected chi connectivity index (χ1v) is 8.24. The summed E-state index contributed by atoms with van der Waals surface area (Å²) in [7, 11) is 3.21. The average Bonchev–Trinajstić information content (AvgIpc) is 3.16. The molecule has 4 rings (SSSR count). The molecule has 2 heterocycles. The van der Waals surface area contributed by atoms with Gasteiger partial charge in [-0.05, 0) is 30.3 Å². The molecule has 0 saturated heterocycles. The van der Waals surface area contributed by atoms with Crippen LogP contribution in [0.25, 0.3) is 0 Å². The van der Waals surface area contributed by atoms with Crippen LogP contribution in [0.15, 0.2) is 48.7 Å². The molecule has 2 aromatic carbocycles. The minimum Gasteiger partial charge on any atom is -0.497 e. The van der Waals surface area contributed by atoms with Crippen molar-refractivity contribution in [3.63, 3.8) is 0 Å². The molecular formula is C19H18N4O4. The van der Waals surface area contributed by atoms with Gasteiger partial charge in [0.2, 0.25) is 12.7 Å². The molecule has 3 aromatic rings. The van der Waals surface area contributed by atoms with Crippen LogP contribution in [0.4, 0.5) is 23.1 Å². The standard InChI is InChI=1S/C19H18N4O4/c1-24-13-4-6-15(25-2)14(10-13)22-19-20-8-7-18(23-19)21-12-3-5-16-17(9-12)27-11-26-16/h3-10H,11H2,1-2H3,(H2,20,21,22,23). The van der Waals surface area contributed by atoms with Gasteiger partial charge in [0.15, 0.2) is 11.5 Å². The molecule has 1 aliphatic heterocycles. The van der Waals surface area contributed by atoms with E-state index >= 15 is 0 Å². The van der Waals surface area contributed by atoms with Gasteiger partial charge >= 0.3 is 0 Å². The van der Waals surface area contributed by atoms with Crippen molar-refractivity contribution in [3.05, 3.63) is 48.7 Å². The molecule has 0 spiro atoms. The highest BCUT2D eigenvalue weighted by Crippen LogP contribution is 2.35. The van der Waals surface area contributed by atoms with E-state index in [1.807, 2.05) is 36.4 Å². The maximum Gasteiger partial charge on any atom is 0.231 e. The van der Waals surface area contributed by atoms with Gasteiger partial charge in [-0.3, -0.25) is 0 Å². The number of nitrogens with zero attached hydrogens (tertiary/aromatic N) is 2. The molecule has 0 amide bonds. The summed E-state index contributed by atoms with van der Waals surface area (Å²) in [5.74, 6) is 3.85. The van der Waals surface area contributed by atoms with E-state index in [0.29, 0.717) is 34.7 Å². The summed E-state index contributed by atoms with van der Waals surface area (Å²) < 4.78 is 21.3. The number of methoxy groups -OCH3 is 2. The van der Waals surface area contributed by atoms with E-state index in [-0.39, 0.29) is 6.79 Å². The molecule has 0 fully saturated rings. The number of benzene rings is 2. The second-order valence-electron chi connectivity index (χ2n) is 5.65. The average molecular weight is 366 g/mol. The molecular weight excluding hydrogens is 348 g/mol. The summed E-state index contributed by atoms with van der Waals surface area (Å²) in [6.07, 6.45) is 1.66. The number of fused-ring (bicyclic) bond motifs is 1. The van der Waals surface area contributed by atoms with Crippen molar-refractivity contribution < 1.29 is 18.9 Å². The molecule has 1 aromatic heterocycles. The minimum atomic E-state index is 0.239. The molecule has 0 radical (unpaired) electrons. The minimum absolute atomic E-state index is 0.239. The zero-order valence-corrected chi connectivity index (χ0v) is 14.9. The quantitative estimate of drug-likeness (QED) is 0.683. The van der Waals surface area contributed by atoms with Crippen molar-refractivity contribution in [2.24, 2.45) is 0 Å². The third-order valence-corrected chi connectivity index (χ3v) is 3.95. The highest BCUT2D eigenvalue weighted by atomic mass is 16.7. The molecule has 0 bridgehead atoms. The lowest BCUT2D eigenvalue weighted by Crippen LogP contribution is -2.02. The van der Waals surface area contributed by atoms with Crippen LogP contribution in [-0.4, -0.2) is 31.0 Å². The second-order valence-corrected chi connectivity index (χ2v) is 5.65. The van der Waals surface area contributed by atoms with Gasteiger partial charge in [-0.2, -0.15) is 4.98 Å². The lowest BCUT2D eigenvalue weighted by molar-refractivity contribution is 0.174. The van der Waals surface area contributed by atoms with Gasteiger partial charge in [-0.15, -0.1) is 0 Å². The maximum absolute atomic E-state index is 5.39. The Bertz CT molecular complexity index is 964. The predicted octanol–water partition coefficient (Wildman–Crippen LogP) is 3.71. The van der Waals surface area contributed by atoms with Crippen LogP contribution in [0.1, 0.15) is 0 Å². The zero-order chi connectivity index (χ0) is 18.6. The summed E-state index contributed by atoms with van der Waals surface area (Å²) in [6.45, 7) is 0.239. The molecule has 138 valence electrons. The Morgan fingerprint density at radius 1 is 0.926 bits per heavy atom. The summed E-state index contributed by atoms with van der Waals surface area (Å²) >= 11 is 0. The largest absolute Gasteiger partial charge is 0.497 e. The van der Waals surface area contributed by atoms with Crippen molar-refractivity contribution in [3.8, 4) is 23.0 Å². The molecule has 0 atom stereocenters. The number of hydrogen-bond acceptors (Lipinski definition) is 8. The van der Waals surface area contributed by atoms with E-state index < -0.39 is 0 Å². The van der Waals surface area contributed by atoms with Crippen molar-refractivity contribution in [2.75, 3.05) is 31.6 Å². The summed E-state index contributed by atoms with van der Waals surface area (Å²) in [4.78, 5) is 8.75. The van der Waals surface area contributed by atoms with Crippen molar-refractivity contribution in [1.29, 1.82) is 0 Å². The smallest absolute Gasteiger partial charge is 0.231 e. The number of anilines is 4. The van der Waals surface area contributed by atoms with Gasteiger partial charge in [0.05, 0.1) is 19.9 Å². The van der Waals surface area contributed by atoms with E-state index in [9.17, 15) is 0 Å². The highest BCUT2D eigenvalue weighted by molar-refractivity contribution is 5.67. The van der Waals surface area contributed by atoms with E-state index in [0.717, 1.165) is 11.4 Å². The van der Waals surface area contributed by atoms with Gasteiger partial charge in [-0.25, -0.2) is 4.98 Å². The van der Waals surface area contributed by atoms with Gasteiger partial charge in [0.1, 0.15) is 17.3 Å². The van der Waals surface area contributed by atoms with E-state index in [2.05, 4.69) is 20.6 Å². The number of hydrogen-bond donors (Lipinski definition) is 2. The van der Waals surface area contributed by atoms with Crippen LogP contribution in [0.3, 0.4) is 0 Å². The summed E-state index contributed by atoms with van der Waals surface area (Å²) in [5.41, 5.74) is 1.54. The lowest BCUT2D eigenvalue weighted by atomic mass is 10.2. The Morgan fingerprint density at radius 3 is 2.67 bits per heavy atom. The predicted molar refractivity (Wildman–Crippen MR) is 101 cm³/mol. The van der Waals surface area contributed by atoms with Crippen LogP contribution in [0.2, 0.25) is 0 Å². The Hall–Kier alpha value is -3.68. The maximum atomic E-state index is 5.39. The van der Waals surface area contributed by atoms with Gasteiger partial charge in [-0.1, -0.05) is 0 Å². The van der Waals surface area contributed by atoms with Crippen LogP contribution >= 0.6 is 0 Å². The van der Waals surface area contributed by atoms with E-state index in [1.165, 1.54) is 0 Å². The lowest BCUT2D eigenvalue weighted by Gasteiger charge is -2.12. The van der Waals surface area contributed by atoms with E-state index in [1.54, 1.807) is 26.5 Å². The van der Waals surface area contributed by atoms with Gasteiger partial charge < -0.3 is 29.6 Å². The normalized spacial score (nSPS) is 11.8. The fourth-order valence-corrected chi connectivity index (χ4v) is 2.64. The van der Waals surface area contributed by atoms with Gasteiger partial charge in [0.25, 0.3) is 0 Å². The van der Waals surface area contributed by atoms with E-state index in [4.69, 9.17) is 18.9 Å². The topological polar surface area (TPSA) is 86.8 Å². The first kappa shape index (κ1) is 16.8. The third-order valence-electron chi connectivity index (χ3n) is 3.95. The molecule has 27 heavy (non-hydrogen) atoms. The molecule has 8 nitrogen and oxygen atoms in total. The Morgan fingerprint density at radius 2 is 1.81 bits per heavy atom. The monoisotopic (exact) mass is 366 g/mol. The van der Waals surface area contributed by atoms with Crippen LogP contribution in [0.5, 0.6) is 23.0 Å². The molecule has 0 aliphatic carbocycles. The first-order valence-electron chi connectivity index (χ1n) is 8.24. The zero-order valence-electron chi connectivity index (χ0n) is 14.9. The summed E-state index contributed by atoms with van der Waals surface area (Å²) in [5, 5.41) is 6.38. The Kier molecular flexibility index (Phi) is 4.52. The molecule has 0 saturated carbocycles. The number of ether oxygens (including phenoxy) is 4.